The Bertz CT molecular complexity index is 102. The van der Waals surface area contributed by atoms with Crippen LogP contribution in [0.2, 0.25) is 13.1 Å². The largest absolute Gasteiger partial charge is 0.126 e. The maximum atomic E-state index is 6.08. The number of rotatable bonds is 0. The molecule has 3 heteroatoms. The molecule has 0 aliphatic carbocycles. The van der Waals surface area contributed by atoms with Gasteiger partial charge in [0, 0.05) is 10.0 Å². The first-order valence-electron chi connectivity index (χ1n) is 3.33. The standard InChI is InChI=1S/C6H12Cl2Si/c1-9(2)5(7)3-4-6(9)8/h5-6H,3-4H2,1-2H3/t5-,6+. The third kappa shape index (κ3) is 1.28. The summed E-state index contributed by atoms with van der Waals surface area (Å²) in [5.74, 6) is 0. The molecule has 0 spiro atoms. The van der Waals surface area contributed by atoms with Gasteiger partial charge in [-0.15, -0.1) is 23.2 Å². The minimum atomic E-state index is -1.22. The van der Waals surface area contributed by atoms with Gasteiger partial charge in [-0.2, -0.15) is 0 Å². The molecule has 0 unspecified atom stereocenters. The van der Waals surface area contributed by atoms with Crippen molar-refractivity contribution in [2.24, 2.45) is 0 Å². The Morgan fingerprint density at radius 3 is 1.56 bits per heavy atom. The number of hydrogen-bond acceptors (Lipinski definition) is 0. The molecule has 0 saturated carbocycles. The van der Waals surface area contributed by atoms with Crippen LogP contribution in [0.3, 0.4) is 0 Å². The Kier molecular flexibility index (Phi) is 2.14. The average molecular weight is 183 g/mol. The zero-order valence-electron chi connectivity index (χ0n) is 5.82. The lowest BCUT2D eigenvalue weighted by atomic mass is 10.4. The van der Waals surface area contributed by atoms with Crippen LogP contribution >= 0.6 is 23.2 Å². The second-order valence-corrected chi connectivity index (χ2v) is 10.2. The molecule has 0 nitrogen and oxygen atoms in total. The molecule has 0 bridgehead atoms. The summed E-state index contributed by atoms with van der Waals surface area (Å²) in [5, 5.41) is 0.833. The van der Waals surface area contributed by atoms with E-state index in [4.69, 9.17) is 23.2 Å². The van der Waals surface area contributed by atoms with Crippen molar-refractivity contribution in [3.63, 3.8) is 0 Å². The second-order valence-electron chi connectivity index (χ2n) is 3.33. The van der Waals surface area contributed by atoms with Gasteiger partial charge in [0.15, 0.2) is 0 Å². The van der Waals surface area contributed by atoms with E-state index in [9.17, 15) is 0 Å². The smallest absolute Gasteiger partial charge is 0.0877 e. The summed E-state index contributed by atoms with van der Waals surface area (Å²) in [6.07, 6.45) is 2.27. The summed E-state index contributed by atoms with van der Waals surface area (Å²) < 4.78 is 0. The van der Waals surface area contributed by atoms with E-state index in [0.29, 0.717) is 10.0 Å². The molecule has 0 aromatic heterocycles. The highest BCUT2D eigenvalue weighted by Crippen LogP contribution is 2.35. The van der Waals surface area contributed by atoms with Crippen molar-refractivity contribution in [3.8, 4) is 0 Å². The maximum absolute atomic E-state index is 6.08. The molecule has 0 amide bonds. The molecular formula is C6H12Cl2Si. The van der Waals surface area contributed by atoms with Crippen molar-refractivity contribution in [2.75, 3.05) is 0 Å². The maximum Gasteiger partial charge on any atom is 0.0877 e. The molecule has 1 aliphatic heterocycles. The van der Waals surface area contributed by atoms with Crippen LogP contribution < -0.4 is 0 Å². The van der Waals surface area contributed by atoms with E-state index in [1.807, 2.05) is 0 Å². The SMILES string of the molecule is C[Si]1(C)[C@H](Cl)CC[C@@H]1Cl. The van der Waals surface area contributed by atoms with Crippen LogP contribution in [0.15, 0.2) is 0 Å². The Balaban J connectivity index is 2.66. The molecule has 0 N–H and O–H groups in total. The fourth-order valence-electron chi connectivity index (χ4n) is 1.23. The Labute approximate surface area is 67.5 Å². The number of halogens is 2. The lowest BCUT2D eigenvalue weighted by Crippen LogP contribution is -2.40. The van der Waals surface area contributed by atoms with E-state index in [2.05, 4.69) is 13.1 Å². The number of alkyl halides is 2. The summed E-state index contributed by atoms with van der Waals surface area (Å²) in [6, 6.07) is 0. The first kappa shape index (κ1) is 7.90. The summed E-state index contributed by atoms with van der Waals surface area (Å²) in [5.41, 5.74) is 0. The zero-order valence-corrected chi connectivity index (χ0v) is 8.34. The van der Waals surface area contributed by atoms with Gasteiger partial charge in [0.25, 0.3) is 0 Å². The van der Waals surface area contributed by atoms with Gasteiger partial charge in [-0.05, 0) is 12.8 Å². The van der Waals surface area contributed by atoms with Crippen LogP contribution in [0.5, 0.6) is 0 Å². The monoisotopic (exact) mass is 182 g/mol. The van der Waals surface area contributed by atoms with E-state index < -0.39 is 8.07 Å². The quantitative estimate of drug-likeness (QED) is 0.400. The molecule has 9 heavy (non-hydrogen) atoms. The van der Waals surface area contributed by atoms with E-state index >= 15 is 0 Å². The van der Waals surface area contributed by atoms with Crippen molar-refractivity contribution in [1.82, 2.24) is 0 Å². The first-order valence-corrected chi connectivity index (χ1v) is 7.36. The van der Waals surface area contributed by atoms with Crippen molar-refractivity contribution >= 4 is 31.3 Å². The van der Waals surface area contributed by atoms with Gasteiger partial charge in [0.1, 0.15) is 0 Å². The van der Waals surface area contributed by atoms with Crippen LogP contribution in [0, 0.1) is 0 Å². The highest BCUT2D eigenvalue weighted by atomic mass is 35.5. The predicted molar refractivity (Wildman–Crippen MR) is 46.0 cm³/mol. The van der Waals surface area contributed by atoms with E-state index in [1.165, 1.54) is 0 Å². The molecular weight excluding hydrogens is 171 g/mol. The minimum absolute atomic E-state index is 0.417. The fraction of sp³-hybridized carbons (Fsp3) is 1.00. The predicted octanol–water partition coefficient (Wildman–Crippen LogP) is 2.78. The summed E-state index contributed by atoms with van der Waals surface area (Å²) in [7, 11) is -1.22. The van der Waals surface area contributed by atoms with Gasteiger partial charge >= 0.3 is 0 Å². The van der Waals surface area contributed by atoms with Gasteiger partial charge < -0.3 is 0 Å². The van der Waals surface area contributed by atoms with Crippen LogP contribution in [0.4, 0.5) is 0 Å². The van der Waals surface area contributed by atoms with Gasteiger partial charge in [-0.1, -0.05) is 13.1 Å². The zero-order chi connectivity index (χ0) is 7.07. The molecule has 2 atom stereocenters. The molecule has 0 radical (unpaired) electrons. The third-order valence-electron chi connectivity index (χ3n) is 2.29. The first-order chi connectivity index (χ1) is 4.05. The van der Waals surface area contributed by atoms with Gasteiger partial charge in [0.05, 0.1) is 8.07 Å². The lowest BCUT2D eigenvalue weighted by molar-refractivity contribution is 0.893. The highest BCUT2D eigenvalue weighted by Gasteiger charge is 2.42. The van der Waals surface area contributed by atoms with E-state index in [-0.39, 0.29) is 0 Å². The van der Waals surface area contributed by atoms with Gasteiger partial charge in [-0.25, -0.2) is 0 Å². The van der Waals surface area contributed by atoms with Crippen molar-refractivity contribution in [3.05, 3.63) is 0 Å². The molecule has 1 aliphatic rings. The average Bonchev–Trinajstić information content (AvgIpc) is 1.96. The fourth-order valence-corrected chi connectivity index (χ4v) is 4.80. The van der Waals surface area contributed by atoms with E-state index in [0.717, 1.165) is 12.8 Å². The lowest BCUT2D eigenvalue weighted by Gasteiger charge is -2.22. The molecule has 1 rings (SSSR count). The molecule has 1 fully saturated rings. The summed E-state index contributed by atoms with van der Waals surface area (Å²) >= 11 is 12.2. The van der Waals surface area contributed by atoms with Crippen molar-refractivity contribution in [2.45, 2.75) is 35.9 Å². The minimum Gasteiger partial charge on any atom is -0.126 e. The van der Waals surface area contributed by atoms with Crippen LogP contribution in [-0.4, -0.2) is 18.1 Å². The molecule has 1 heterocycles. The molecule has 1 saturated heterocycles. The van der Waals surface area contributed by atoms with E-state index in [1.54, 1.807) is 0 Å². The van der Waals surface area contributed by atoms with Gasteiger partial charge in [-0.3, -0.25) is 0 Å². The third-order valence-corrected chi connectivity index (χ3v) is 9.91. The Morgan fingerprint density at radius 1 is 1.11 bits per heavy atom. The molecule has 0 aromatic carbocycles. The highest BCUT2D eigenvalue weighted by molar-refractivity contribution is 6.91. The Morgan fingerprint density at radius 2 is 1.44 bits per heavy atom. The van der Waals surface area contributed by atoms with Crippen LogP contribution in [0.25, 0.3) is 0 Å². The van der Waals surface area contributed by atoms with Gasteiger partial charge in [0.2, 0.25) is 0 Å². The van der Waals surface area contributed by atoms with Crippen molar-refractivity contribution in [1.29, 1.82) is 0 Å². The number of hydrogen-bond donors (Lipinski definition) is 0. The topological polar surface area (TPSA) is 0 Å². The van der Waals surface area contributed by atoms with Crippen LogP contribution in [0.1, 0.15) is 12.8 Å². The normalized spacial score (nSPS) is 41.3. The van der Waals surface area contributed by atoms with Crippen molar-refractivity contribution < 1.29 is 0 Å². The molecule has 0 aromatic rings. The summed E-state index contributed by atoms with van der Waals surface area (Å²) in [6.45, 7) is 4.55. The summed E-state index contributed by atoms with van der Waals surface area (Å²) in [4.78, 5) is 0. The molecule has 54 valence electrons. The van der Waals surface area contributed by atoms with Crippen LogP contribution in [-0.2, 0) is 0 Å². The Hall–Kier alpha value is 0.797. The second kappa shape index (κ2) is 2.44.